The van der Waals surface area contributed by atoms with Crippen LogP contribution in [0.15, 0.2) is 18.2 Å². The minimum absolute atomic E-state index is 0.187. The maximum absolute atomic E-state index is 5.77. The Bertz CT molecular complexity index is 366. The van der Waals surface area contributed by atoms with Crippen LogP contribution in [0, 0.1) is 12.8 Å². The standard InChI is InChI=1S/C15H23ClO/c1-11(9-16)10-17-14-7-6-13(8-12(14)2)15(3,4)5/h6-8,11H,9-10H2,1-5H3. The first kappa shape index (κ1) is 14.4. The third-order valence-electron chi connectivity index (χ3n) is 2.83. The molecule has 0 amide bonds. The number of hydrogen-bond donors (Lipinski definition) is 0. The summed E-state index contributed by atoms with van der Waals surface area (Å²) in [6.07, 6.45) is 0. The van der Waals surface area contributed by atoms with E-state index in [9.17, 15) is 0 Å². The van der Waals surface area contributed by atoms with Gasteiger partial charge in [-0.2, -0.15) is 0 Å². The van der Waals surface area contributed by atoms with E-state index in [1.54, 1.807) is 0 Å². The molecule has 0 fully saturated rings. The molecule has 2 heteroatoms. The van der Waals surface area contributed by atoms with Gasteiger partial charge in [-0.25, -0.2) is 0 Å². The Morgan fingerprint density at radius 3 is 2.41 bits per heavy atom. The molecule has 0 aliphatic heterocycles. The summed E-state index contributed by atoms with van der Waals surface area (Å²) in [5, 5.41) is 0. The lowest BCUT2D eigenvalue weighted by atomic mass is 9.86. The number of ether oxygens (including phenoxy) is 1. The highest BCUT2D eigenvalue weighted by molar-refractivity contribution is 6.18. The molecule has 1 rings (SSSR count). The van der Waals surface area contributed by atoms with Crippen LogP contribution in [-0.2, 0) is 5.41 Å². The molecular formula is C15H23ClO. The molecule has 0 aliphatic rings. The number of alkyl halides is 1. The number of benzene rings is 1. The van der Waals surface area contributed by atoms with Gasteiger partial charge in [-0.15, -0.1) is 11.6 Å². The number of halogens is 1. The maximum Gasteiger partial charge on any atom is 0.122 e. The average Bonchev–Trinajstić information content (AvgIpc) is 2.25. The summed E-state index contributed by atoms with van der Waals surface area (Å²) in [7, 11) is 0. The van der Waals surface area contributed by atoms with E-state index < -0.39 is 0 Å². The van der Waals surface area contributed by atoms with Crippen molar-refractivity contribution < 1.29 is 4.74 Å². The summed E-state index contributed by atoms with van der Waals surface area (Å²) in [5.41, 5.74) is 2.72. The van der Waals surface area contributed by atoms with Gasteiger partial charge in [-0.3, -0.25) is 0 Å². The predicted molar refractivity (Wildman–Crippen MR) is 75.3 cm³/mol. The van der Waals surface area contributed by atoms with Gasteiger partial charge in [-0.05, 0) is 29.5 Å². The van der Waals surface area contributed by atoms with Crippen molar-refractivity contribution in [1.82, 2.24) is 0 Å². The first-order valence-corrected chi connectivity index (χ1v) is 6.68. The molecule has 0 saturated heterocycles. The summed E-state index contributed by atoms with van der Waals surface area (Å²) < 4.78 is 5.77. The zero-order chi connectivity index (χ0) is 13.1. The van der Waals surface area contributed by atoms with Gasteiger partial charge in [-0.1, -0.05) is 39.8 Å². The third-order valence-corrected chi connectivity index (χ3v) is 3.35. The Labute approximate surface area is 110 Å². The highest BCUT2D eigenvalue weighted by Crippen LogP contribution is 2.27. The first-order valence-electron chi connectivity index (χ1n) is 6.14. The Kier molecular flexibility index (Phi) is 4.88. The highest BCUT2D eigenvalue weighted by atomic mass is 35.5. The normalized spacial score (nSPS) is 13.5. The monoisotopic (exact) mass is 254 g/mol. The molecule has 0 radical (unpaired) electrons. The van der Waals surface area contributed by atoms with Crippen LogP contribution in [0.2, 0.25) is 0 Å². The molecule has 1 nitrogen and oxygen atoms in total. The van der Waals surface area contributed by atoms with Crippen LogP contribution in [0.25, 0.3) is 0 Å². The minimum atomic E-state index is 0.187. The van der Waals surface area contributed by atoms with Crippen LogP contribution in [0.1, 0.15) is 38.8 Å². The van der Waals surface area contributed by atoms with Crippen LogP contribution in [0.5, 0.6) is 5.75 Å². The van der Waals surface area contributed by atoms with Crippen molar-refractivity contribution in [3.63, 3.8) is 0 Å². The molecule has 0 aromatic heterocycles. The largest absolute Gasteiger partial charge is 0.493 e. The van der Waals surface area contributed by atoms with E-state index in [0.29, 0.717) is 18.4 Å². The first-order chi connectivity index (χ1) is 7.84. The van der Waals surface area contributed by atoms with E-state index in [1.165, 1.54) is 11.1 Å². The van der Waals surface area contributed by atoms with Crippen molar-refractivity contribution >= 4 is 11.6 Å². The van der Waals surface area contributed by atoms with Crippen LogP contribution in [0.4, 0.5) is 0 Å². The predicted octanol–water partition coefficient (Wildman–Crippen LogP) is 4.55. The summed E-state index contributed by atoms with van der Waals surface area (Å²) in [6, 6.07) is 6.42. The van der Waals surface area contributed by atoms with E-state index in [2.05, 4.69) is 52.8 Å². The third kappa shape index (κ3) is 4.23. The van der Waals surface area contributed by atoms with Crippen molar-refractivity contribution in [2.45, 2.75) is 40.0 Å². The zero-order valence-corrected chi connectivity index (χ0v) is 12.3. The molecule has 96 valence electrons. The van der Waals surface area contributed by atoms with E-state index in [1.807, 2.05) is 0 Å². The fourth-order valence-corrected chi connectivity index (χ4v) is 1.64. The van der Waals surface area contributed by atoms with E-state index in [4.69, 9.17) is 16.3 Å². The number of hydrogen-bond acceptors (Lipinski definition) is 1. The fourth-order valence-electron chi connectivity index (χ4n) is 1.55. The molecular weight excluding hydrogens is 232 g/mol. The molecule has 0 aliphatic carbocycles. The fraction of sp³-hybridized carbons (Fsp3) is 0.600. The summed E-state index contributed by atoms with van der Waals surface area (Å²) in [5.74, 6) is 1.99. The topological polar surface area (TPSA) is 9.23 Å². The van der Waals surface area contributed by atoms with Gasteiger partial charge in [0.2, 0.25) is 0 Å². The number of aryl methyl sites for hydroxylation is 1. The van der Waals surface area contributed by atoms with Crippen LogP contribution in [0.3, 0.4) is 0 Å². The smallest absolute Gasteiger partial charge is 0.122 e. The van der Waals surface area contributed by atoms with Crippen LogP contribution < -0.4 is 4.74 Å². The summed E-state index contributed by atoms with van der Waals surface area (Å²) in [4.78, 5) is 0. The number of rotatable bonds is 4. The summed E-state index contributed by atoms with van der Waals surface area (Å²) in [6.45, 7) is 11.5. The lowest BCUT2D eigenvalue weighted by Gasteiger charge is -2.21. The van der Waals surface area contributed by atoms with Crippen molar-refractivity contribution in [2.75, 3.05) is 12.5 Å². The summed E-state index contributed by atoms with van der Waals surface area (Å²) >= 11 is 5.76. The van der Waals surface area contributed by atoms with Crippen molar-refractivity contribution in [3.8, 4) is 5.75 Å². The Morgan fingerprint density at radius 2 is 1.94 bits per heavy atom. The zero-order valence-electron chi connectivity index (χ0n) is 11.5. The molecule has 0 heterocycles. The Balaban J connectivity index is 2.77. The molecule has 17 heavy (non-hydrogen) atoms. The van der Waals surface area contributed by atoms with Crippen molar-refractivity contribution in [2.24, 2.45) is 5.92 Å². The van der Waals surface area contributed by atoms with Gasteiger partial charge < -0.3 is 4.74 Å². The highest BCUT2D eigenvalue weighted by Gasteiger charge is 2.14. The second-order valence-electron chi connectivity index (χ2n) is 5.80. The van der Waals surface area contributed by atoms with Crippen molar-refractivity contribution in [1.29, 1.82) is 0 Å². The molecule has 1 unspecified atom stereocenters. The molecule has 0 saturated carbocycles. The lowest BCUT2D eigenvalue weighted by Crippen LogP contribution is -2.13. The van der Waals surface area contributed by atoms with Crippen LogP contribution in [-0.4, -0.2) is 12.5 Å². The Morgan fingerprint density at radius 1 is 1.29 bits per heavy atom. The van der Waals surface area contributed by atoms with E-state index in [-0.39, 0.29) is 5.41 Å². The van der Waals surface area contributed by atoms with Gasteiger partial charge in [0.1, 0.15) is 5.75 Å². The SMILES string of the molecule is Cc1cc(C(C)(C)C)ccc1OCC(C)CCl. The quantitative estimate of drug-likeness (QED) is 0.717. The molecule has 1 aromatic rings. The minimum Gasteiger partial charge on any atom is -0.493 e. The van der Waals surface area contributed by atoms with Crippen molar-refractivity contribution in [3.05, 3.63) is 29.3 Å². The Hall–Kier alpha value is -0.690. The molecule has 1 atom stereocenters. The average molecular weight is 255 g/mol. The van der Waals surface area contributed by atoms with Gasteiger partial charge in [0.25, 0.3) is 0 Å². The molecule has 0 bridgehead atoms. The molecule has 0 N–H and O–H groups in total. The second-order valence-corrected chi connectivity index (χ2v) is 6.11. The van der Waals surface area contributed by atoms with E-state index in [0.717, 1.165) is 5.75 Å². The van der Waals surface area contributed by atoms with Gasteiger partial charge in [0.15, 0.2) is 0 Å². The molecule has 0 spiro atoms. The van der Waals surface area contributed by atoms with Crippen LogP contribution >= 0.6 is 11.6 Å². The lowest BCUT2D eigenvalue weighted by molar-refractivity contribution is 0.271. The molecule has 1 aromatic carbocycles. The van der Waals surface area contributed by atoms with Gasteiger partial charge >= 0.3 is 0 Å². The van der Waals surface area contributed by atoms with Gasteiger partial charge in [0, 0.05) is 11.8 Å². The maximum atomic E-state index is 5.77. The second kappa shape index (κ2) is 5.77. The van der Waals surface area contributed by atoms with E-state index >= 15 is 0 Å². The van der Waals surface area contributed by atoms with Gasteiger partial charge in [0.05, 0.1) is 6.61 Å².